The summed E-state index contributed by atoms with van der Waals surface area (Å²) in [7, 11) is 1.56. The molecule has 0 aliphatic carbocycles. The second-order valence-corrected chi connectivity index (χ2v) is 4.82. The van der Waals surface area contributed by atoms with E-state index in [-0.39, 0.29) is 12.2 Å². The van der Waals surface area contributed by atoms with E-state index in [1.165, 1.54) is 0 Å². The van der Waals surface area contributed by atoms with Gasteiger partial charge in [-0.1, -0.05) is 30.3 Å². The first-order chi connectivity index (χ1) is 9.28. The third kappa shape index (κ3) is 2.66. The van der Waals surface area contributed by atoms with Crippen LogP contribution in [0.1, 0.15) is 18.3 Å². The minimum Gasteiger partial charge on any atom is -0.390 e. The van der Waals surface area contributed by atoms with Crippen LogP contribution in [0, 0.1) is 0 Å². The monoisotopic (exact) mass is 266 g/mol. The maximum Gasteiger partial charge on any atom is 0.184 e. The van der Waals surface area contributed by atoms with E-state index in [0.29, 0.717) is 13.0 Å². The fourth-order valence-electron chi connectivity index (χ4n) is 2.52. The molecule has 0 unspecified atom stereocenters. The van der Waals surface area contributed by atoms with Crippen LogP contribution < -0.4 is 0 Å². The molecule has 5 heteroatoms. The van der Waals surface area contributed by atoms with Crippen molar-refractivity contribution in [3.05, 3.63) is 35.9 Å². The first-order valence-electron chi connectivity index (χ1n) is 6.46. The summed E-state index contributed by atoms with van der Waals surface area (Å²) in [4.78, 5) is 0. The second-order valence-electron chi connectivity index (χ2n) is 4.82. The highest BCUT2D eigenvalue weighted by molar-refractivity contribution is 5.16. The first kappa shape index (κ1) is 13.0. The van der Waals surface area contributed by atoms with Crippen molar-refractivity contribution in [2.45, 2.75) is 37.3 Å². The third-order valence-electron chi connectivity index (χ3n) is 3.53. The minimum atomic E-state index is -0.598. The summed E-state index contributed by atoms with van der Waals surface area (Å²) in [5.41, 5.74) is 0.946. The van der Waals surface area contributed by atoms with Crippen LogP contribution >= 0.6 is 0 Å². The molecule has 5 nitrogen and oxygen atoms in total. The molecule has 2 fully saturated rings. The van der Waals surface area contributed by atoms with Crippen molar-refractivity contribution < 1.29 is 24.1 Å². The molecule has 0 bridgehead atoms. The molecule has 0 saturated carbocycles. The summed E-state index contributed by atoms with van der Waals surface area (Å²) in [6, 6.07) is 9.70. The molecule has 0 spiro atoms. The predicted molar refractivity (Wildman–Crippen MR) is 66.3 cm³/mol. The molecule has 2 aliphatic heterocycles. The fraction of sp³-hybridized carbons (Fsp3) is 0.571. The van der Waals surface area contributed by atoms with Gasteiger partial charge in [-0.3, -0.25) is 0 Å². The Labute approximate surface area is 112 Å². The van der Waals surface area contributed by atoms with Gasteiger partial charge < -0.3 is 24.1 Å². The highest BCUT2D eigenvalue weighted by Gasteiger charge is 2.43. The Bertz CT molecular complexity index is 410. The number of ether oxygens (including phenoxy) is 4. The van der Waals surface area contributed by atoms with Gasteiger partial charge in [-0.05, 0) is 0 Å². The minimum absolute atomic E-state index is 0.284. The lowest BCUT2D eigenvalue weighted by molar-refractivity contribution is -0.334. The highest BCUT2D eigenvalue weighted by Crippen LogP contribution is 2.33. The molecule has 2 aliphatic rings. The molecule has 104 valence electrons. The maximum atomic E-state index is 10.1. The summed E-state index contributed by atoms with van der Waals surface area (Å²) < 4.78 is 22.3. The molecule has 0 aromatic heterocycles. The van der Waals surface area contributed by atoms with Crippen LogP contribution in [0.4, 0.5) is 0 Å². The highest BCUT2D eigenvalue weighted by atomic mass is 16.7. The van der Waals surface area contributed by atoms with Gasteiger partial charge in [-0.25, -0.2) is 0 Å². The number of fused-ring (bicyclic) bond motifs is 1. The summed E-state index contributed by atoms with van der Waals surface area (Å²) >= 11 is 0. The summed E-state index contributed by atoms with van der Waals surface area (Å²) in [5, 5.41) is 10.1. The lowest BCUT2D eigenvalue weighted by Crippen LogP contribution is -2.55. The molecule has 1 aromatic rings. The van der Waals surface area contributed by atoms with Gasteiger partial charge in [0.15, 0.2) is 12.6 Å². The summed E-state index contributed by atoms with van der Waals surface area (Å²) in [6.45, 7) is 0.390. The Balaban J connectivity index is 1.70. The fourth-order valence-corrected chi connectivity index (χ4v) is 2.52. The van der Waals surface area contributed by atoms with Crippen LogP contribution in [0.15, 0.2) is 30.3 Å². The van der Waals surface area contributed by atoms with Gasteiger partial charge in [0, 0.05) is 19.1 Å². The average molecular weight is 266 g/mol. The molecule has 5 atom stereocenters. The van der Waals surface area contributed by atoms with Crippen LogP contribution in [0.5, 0.6) is 0 Å². The Kier molecular flexibility index (Phi) is 3.81. The molecule has 3 rings (SSSR count). The molecule has 0 amide bonds. The van der Waals surface area contributed by atoms with Crippen LogP contribution in [-0.4, -0.2) is 43.4 Å². The molecular formula is C14H18O5. The molecule has 19 heavy (non-hydrogen) atoms. The third-order valence-corrected chi connectivity index (χ3v) is 3.53. The standard InChI is InChI=1S/C14H18O5/c1-16-12-7-10(15)13-11(18-12)8-17-14(19-13)9-5-3-2-4-6-9/h2-6,10-15H,7-8H2,1H3/t10-,11+,12-,13-,14-/m0/s1. The van der Waals surface area contributed by atoms with E-state index in [4.69, 9.17) is 18.9 Å². The molecule has 2 saturated heterocycles. The number of aliphatic hydroxyl groups is 1. The van der Waals surface area contributed by atoms with E-state index >= 15 is 0 Å². The Morgan fingerprint density at radius 2 is 2.00 bits per heavy atom. The van der Waals surface area contributed by atoms with Crippen molar-refractivity contribution in [1.82, 2.24) is 0 Å². The average Bonchev–Trinajstić information content (AvgIpc) is 2.47. The van der Waals surface area contributed by atoms with Gasteiger partial charge >= 0.3 is 0 Å². The van der Waals surface area contributed by atoms with Crippen molar-refractivity contribution in [3.8, 4) is 0 Å². The lowest BCUT2D eigenvalue weighted by Gasteiger charge is -2.43. The first-order valence-corrected chi connectivity index (χ1v) is 6.46. The van der Waals surface area contributed by atoms with Crippen molar-refractivity contribution in [1.29, 1.82) is 0 Å². The Morgan fingerprint density at radius 3 is 2.74 bits per heavy atom. The van der Waals surface area contributed by atoms with E-state index in [2.05, 4.69) is 0 Å². The van der Waals surface area contributed by atoms with E-state index < -0.39 is 18.7 Å². The number of aliphatic hydroxyl groups excluding tert-OH is 1. The van der Waals surface area contributed by atoms with Gasteiger partial charge in [0.25, 0.3) is 0 Å². The number of hydrogen-bond donors (Lipinski definition) is 1. The quantitative estimate of drug-likeness (QED) is 0.872. The zero-order chi connectivity index (χ0) is 13.2. The van der Waals surface area contributed by atoms with Gasteiger partial charge in [0.2, 0.25) is 0 Å². The zero-order valence-corrected chi connectivity index (χ0v) is 10.8. The van der Waals surface area contributed by atoms with E-state index in [1.54, 1.807) is 7.11 Å². The summed E-state index contributed by atoms with van der Waals surface area (Å²) in [6.07, 6.45) is -1.67. The smallest absolute Gasteiger partial charge is 0.184 e. The second kappa shape index (κ2) is 5.56. The SMILES string of the molecule is CO[C@@H]1C[C@H](O)[C@@H]2O[C@@H](c3ccccc3)OC[C@H]2O1. The van der Waals surface area contributed by atoms with Gasteiger partial charge in [-0.2, -0.15) is 0 Å². The van der Waals surface area contributed by atoms with Gasteiger partial charge in [-0.15, -0.1) is 0 Å². The Morgan fingerprint density at radius 1 is 1.21 bits per heavy atom. The van der Waals surface area contributed by atoms with Crippen molar-refractivity contribution >= 4 is 0 Å². The van der Waals surface area contributed by atoms with Gasteiger partial charge in [0.05, 0.1) is 12.7 Å². The van der Waals surface area contributed by atoms with Gasteiger partial charge in [0.1, 0.15) is 12.2 Å². The van der Waals surface area contributed by atoms with Crippen LogP contribution in [0.3, 0.4) is 0 Å². The molecule has 1 N–H and O–H groups in total. The number of benzene rings is 1. The lowest BCUT2D eigenvalue weighted by atomic mass is 10.0. The largest absolute Gasteiger partial charge is 0.390 e. The normalized spacial score (nSPS) is 38.7. The zero-order valence-electron chi connectivity index (χ0n) is 10.8. The molecule has 2 heterocycles. The molecule has 1 aromatic carbocycles. The van der Waals surface area contributed by atoms with E-state index in [0.717, 1.165) is 5.56 Å². The van der Waals surface area contributed by atoms with Crippen molar-refractivity contribution in [2.75, 3.05) is 13.7 Å². The molecular weight excluding hydrogens is 248 g/mol. The topological polar surface area (TPSA) is 57.2 Å². The number of hydrogen-bond acceptors (Lipinski definition) is 5. The molecule has 0 radical (unpaired) electrons. The summed E-state index contributed by atoms with van der Waals surface area (Å²) in [5.74, 6) is 0. The van der Waals surface area contributed by atoms with Crippen molar-refractivity contribution in [3.63, 3.8) is 0 Å². The van der Waals surface area contributed by atoms with E-state index in [9.17, 15) is 5.11 Å². The van der Waals surface area contributed by atoms with E-state index in [1.807, 2.05) is 30.3 Å². The van der Waals surface area contributed by atoms with Crippen LogP contribution in [0.2, 0.25) is 0 Å². The maximum absolute atomic E-state index is 10.1. The predicted octanol–water partition coefficient (Wildman–Crippen LogP) is 1.22. The van der Waals surface area contributed by atoms with Crippen LogP contribution in [0.25, 0.3) is 0 Å². The van der Waals surface area contributed by atoms with Crippen LogP contribution in [-0.2, 0) is 18.9 Å². The van der Waals surface area contributed by atoms with Crippen molar-refractivity contribution in [2.24, 2.45) is 0 Å². The number of methoxy groups -OCH3 is 1. The number of rotatable bonds is 2. The Hall–Kier alpha value is -0.980.